The Morgan fingerprint density at radius 2 is 2.23 bits per heavy atom. The molecule has 1 aromatic heterocycles. The van der Waals surface area contributed by atoms with Crippen LogP contribution in [0.15, 0.2) is 18.2 Å². The van der Waals surface area contributed by atoms with Gasteiger partial charge in [-0.1, -0.05) is 18.2 Å². The van der Waals surface area contributed by atoms with Crippen molar-refractivity contribution in [2.24, 2.45) is 0 Å². The van der Waals surface area contributed by atoms with Gasteiger partial charge in [-0.25, -0.2) is 0 Å². The van der Waals surface area contributed by atoms with Crippen molar-refractivity contribution in [1.29, 1.82) is 0 Å². The minimum absolute atomic E-state index is 0.495. The van der Waals surface area contributed by atoms with Gasteiger partial charge in [0.1, 0.15) is 0 Å². The number of hydrogen-bond donors (Lipinski definition) is 1. The Morgan fingerprint density at radius 1 is 1.46 bits per heavy atom. The Kier molecular flexibility index (Phi) is 2.18. The molecule has 2 aromatic rings. The summed E-state index contributed by atoms with van der Waals surface area (Å²) < 4.78 is 1.26. The predicted octanol–water partition coefficient (Wildman–Crippen LogP) is 3.53. The topological polar surface area (TPSA) is 26.0 Å². The van der Waals surface area contributed by atoms with E-state index in [1.165, 1.54) is 15.6 Å². The number of anilines is 1. The first-order valence-electron chi connectivity index (χ1n) is 4.06. The molecule has 0 radical (unpaired) electrons. The number of halogens is 1. The minimum atomic E-state index is 0.495. The van der Waals surface area contributed by atoms with Crippen molar-refractivity contribution in [2.45, 2.75) is 12.8 Å². The largest absolute Gasteiger partial charge is 0.390 e. The van der Waals surface area contributed by atoms with Crippen molar-refractivity contribution in [1.82, 2.24) is 0 Å². The number of thiophene rings is 1. The predicted molar refractivity (Wildman–Crippen MR) is 60.5 cm³/mol. The van der Waals surface area contributed by atoms with Crippen LogP contribution in [0.2, 0.25) is 0 Å². The van der Waals surface area contributed by atoms with Gasteiger partial charge in [0.05, 0.1) is 10.9 Å². The first kappa shape index (κ1) is 8.85. The number of hydrogen-bond acceptors (Lipinski definition) is 2. The van der Waals surface area contributed by atoms with Crippen LogP contribution in [0.3, 0.4) is 0 Å². The average molecular weight is 212 g/mol. The molecule has 0 fully saturated rings. The number of nitrogen functional groups attached to an aromatic ring is 1. The first-order valence-corrected chi connectivity index (χ1v) is 5.41. The molecule has 1 aromatic carbocycles. The molecule has 1 heterocycles. The number of fused-ring (bicyclic) bond motifs is 1. The second kappa shape index (κ2) is 3.20. The fourth-order valence-corrected chi connectivity index (χ4v) is 2.89. The van der Waals surface area contributed by atoms with Crippen LogP contribution in [0.25, 0.3) is 10.1 Å². The quantitative estimate of drug-likeness (QED) is 0.718. The molecule has 0 aliphatic rings. The van der Waals surface area contributed by atoms with Crippen molar-refractivity contribution >= 4 is 38.0 Å². The van der Waals surface area contributed by atoms with Gasteiger partial charge in [-0.3, -0.25) is 0 Å². The van der Waals surface area contributed by atoms with Crippen LogP contribution in [-0.4, -0.2) is 0 Å². The number of alkyl halides is 1. The highest BCUT2D eigenvalue weighted by Crippen LogP contribution is 2.36. The van der Waals surface area contributed by atoms with Gasteiger partial charge < -0.3 is 5.73 Å². The van der Waals surface area contributed by atoms with Gasteiger partial charge >= 0.3 is 0 Å². The van der Waals surface area contributed by atoms with Crippen molar-refractivity contribution in [3.8, 4) is 0 Å². The van der Waals surface area contributed by atoms with Crippen LogP contribution >= 0.6 is 22.9 Å². The van der Waals surface area contributed by atoms with E-state index in [9.17, 15) is 0 Å². The SMILES string of the molecule is Cc1cccc2c(CCl)c(N)sc12. The molecule has 2 N–H and O–H groups in total. The smallest absolute Gasteiger partial charge is 0.0913 e. The van der Waals surface area contributed by atoms with Crippen LogP contribution in [0.4, 0.5) is 5.00 Å². The molecular weight excluding hydrogens is 202 g/mol. The van der Waals surface area contributed by atoms with Gasteiger partial charge in [0.25, 0.3) is 0 Å². The molecule has 0 atom stereocenters. The molecule has 0 unspecified atom stereocenters. The molecule has 13 heavy (non-hydrogen) atoms. The summed E-state index contributed by atoms with van der Waals surface area (Å²) >= 11 is 7.45. The second-order valence-corrected chi connectivity index (χ2v) is 4.35. The summed E-state index contributed by atoms with van der Waals surface area (Å²) in [5.41, 5.74) is 8.21. The van der Waals surface area contributed by atoms with Gasteiger partial charge in [0, 0.05) is 10.3 Å². The lowest BCUT2D eigenvalue weighted by Gasteiger charge is -1.95. The van der Waals surface area contributed by atoms with E-state index in [0.717, 1.165) is 10.6 Å². The third-order valence-electron chi connectivity index (χ3n) is 2.18. The number of aryl methyl sites for hydroxylation is 1. The summed E-state index contributed by atoms with van der Waals surface area (Å²) in [5.74, 6) is 0.495. The standard InChI is InChI=1S/C10H10ClNS/c1-6-3-2-4-7-8(5-11)10(12)13-9(6)7/h2-4H,5,12H2,1H3. The molecule has 3 heteroatoms. The Bertz CT molecular complexity index is 447. The highest BCUT2D eigenvalue weighted by atomic mass is 35.5. The van der Waals surface area contributed by atoms with Gasteiger partial charge in [-0.05, 0) is 17.9 Å². The number of benzene rings is 1. The van der Waals surface area contributed by atoms with E-state index in [1.54, 1.807) is 11.3 Å². The van der Waals surface area contributed by atoms with Crippen molar-refractivity contribution in [2.75, 3.05) is 5.73 Å². The van der Waals surface area contributed by atoms with Crippen LogP contribution in [0.1, 0.15) is 11.1 Å². The van der Waals surface area contributed by atoms with E-state index in [2.05, 4.69) is 19.1 Å². The molecule has 0 spiro atoms. The fourth-order valence-electron chi connectivity index (χ4n) is 1.47. The summed E-state index contributed by atoms with van der Waals surface area (Å²) in [5, 5.41) is 2.05. The first-order chi connectivity index (χ1) is 6.24. The molecule has 0 amide bonds. The zero-order valence-corrected chi connectivity index (χ0v) is 8.88. The fraction of sp³-hybridized carbons (Fsp3) is 0.200. The number of rotatable bonds is 1. The lowest BCUT2D eigenvalue weighted by molar-refractivity contribution is 1.48. The lowest BCUT2D eigenvalue weighted by atomic mass is 10.1. The van der Waals surface area contributed by atoms with E-state index < -0.39 is 0 Å². The van der Waals surface area contributed by atoms with Crippen molar-refractivity contribution in [3.05, 3.63) is 29.3 Å². The van der Waals surface area contributed by atoms with Crippen LogP contribution in [-0.2, 0) is 5.88 Å². The van der Waals surface area contributed by atoms with E-state index >= 15 is 0 Å². The van der Waals surface area contributed by atoms with Gasteiger partial charge in [0.2, 0.25) is 0 Å². The molecule has 0 saturated heterocycles. The van der Waals surface area contributed by atoms with Crippen molar-refractivity contribution in [3.63, 3.8) is 0 Å². The molecule has 2 rings (SSSR count). The van der Waals surface area contributed by atoms with E-state index in [1.807, 2.05) is 6.07 Å². The van der Waals surface area contributed by atoms with E-state index in [-0.39, 0.29) is 0 Å². The lowest BCUT2D eigenvalue weighted by Crippen LogP contribution is -1.84. The van der Waals surface area contributed by atoms with Gasteiger partial charge in [-0.15, -0.1) is 22.9 Å². The summed E-state index contributed by atoms with van der Waals surface area (Å²) in [4.78, 5) is 0. The maximum atomic E-state index is 5.87. The highest BCUT2D eigenvalue weighted by Gasteiger charge is 2.09. The minimum Gasteiger partial charge on any atom is -0.390 e. The second-order valence-electron chi connectivity index (χ2n) is 3.03. The molecule has 0 aliphatic heterocycles. The van der Waals surface area contributed by atoms with Crippen LogP contribution < -0.4 is 5.73 Å². The van der Waals surface area contributed by atoms with Crippen LogP contribution in [0, 0.1) is 6.92 Å². The molecule has 0 aliphatic carbocycles. The maximum absolute atomic E-state index is 5.87. The zero-order chi connectivity index (χ0) is 9.42. The summed E-state index contributed by atoms with van der Waals surface area (Å²) in [6, 6.07) is 6.21. The van der Waals surface area contributed by atoms with Gasteiger partial charge in [-0.2, -0.15) is 0 Å². The van der Waals surface area contributed by atoms with Crippen LogP contribution in [0.5, 0.6) is 0 Å². The zero-order valence-electron chi connectivity index (χ0n) is 7.30. The Morgan fingerprint density at radius 3 is 2.92 bits per heavy atom. The van der Waals surface area contributed by atoms with E-state index in [4.69, 9.17) is 17.3 Å². The molecule has 68 valence electrons. The Hall–Kier alpha value is -0.730. The Labute approximate surface area is 86.1 Å². The summed E-state index contributed by atoms with van der Waals surface area (Å²) in [6.45, 7) is 2.09. The van der Waals surface area contributed by atoms with Crippen molar-refractivity contribution < 1.29 is 0 Å². The number of nitrogens with two attached hydrogens (primary N) is 1. The maximum Gasteiger partial charge on any atom is 0.0913 e. The molecule has 0 saturated carbocycles. The molecule has 0 bridgehead atoms. The highest BCUT2D eigenvalue weighted by molar-refractivity contribution is 7.23. The summed E-state index contributed by atoms with van der Waals surface area (Å²) in [6.07, 6.45) is 0. The third kappa shape index (κ3) is 1.30. The molecule has 1 nitrogen and oxygen atoms in total. The Balaban J connectivity index is 2.86. The van der Waals surface area contributed by atoms with Gasteiger partial charge in [0.15, 0.2) is 0 Å². The molecular formula is C10H10ClNS. The third-order valence-corrected chi connectivity index (χ3v) is 3.66. The van der Waals surface area contributed by atoms with E-state index in [0.29, 0.717) is 5.88 Å². The summed E-state index contributed by atoms with van der Waals surface area (Å²) in [7, 11) is 0. The monoisotopic (exact) mass is 211 g/mol. The average Bonchev–Trinajstić information content (AvgIpc) is 2.43. The normalized spacial score (nSPS) is 10.9.